The molecule has 2 atom stereocenters. The van der Waals surface area contributed by atoms with Crippen LogP contribution in [0.1, 0.15) is 48.5 Å². The van der Waals surface area contributed by atoms with E-state index in [1.807, 2.05) is 36.4 Å². The molecule has 0 aromatic heterocycles. The van der Waals surface area contributed by atoms with Gasteiger partial charge in [0.1, 0.15) is 11.6 Å². The normalized spacial score (nSPS) is 14.0. The van der Waals surface area contributed by atoms with Crippen molar-refractivity contribution in [2.45, 2.75) is 65.1 Å². The van der Waals surface area contributed by atoms with E-state index in [2.05, 4.69) is 56.9 Å². The van der Waals surface area contributed by atoms with E-state index in [1.54, 1.807) is 27.7 Å². The van der Waals surface area contributed by atoms with Crippen LogP contribution in [0, 0.1) is 5.92 Å². The average Bonchev–Trinajstić information content (AvgIpc) is 2.76. The van der Waals surface area contributed by atoms with E-state index >= 15 is 0 Å². The smallest absolute Gasteiger partial charge is 0.408 e. The van der Waals surface area contributed by atoms with E-state index in [0.717, 1.165) is 10.4 Å². The van der Waals surface area contributed by atoms with Gasteiger partial charge in [-0.2, -0.15) is 0 Å². The highest BCUT2D eigenvalue weighted by Gasteiger charge is 2.50. The number of nitrogens with one attached hydrogen (secondary N) is 1. The second-order valence-corrected chi connectivity index (χ2v) is 15.2. The standard InChI is InChI=1S/C28H39NO5Si/c1-20(21(2)24(25(30)31)29-26(32)34-27(3,4)5)19-33-35(28(6,7)8,22-15-11-9-12-16-22)23-17-13-10-14-18-23/h9-18,21,24H,1,19H2,2-8H3,(H,29,32)(H,30,31)/t21-,24+/m1/s1. The topological polar surface area (TPSA) is 84.9 Å². The molecule has 0 heterocycles. The lowest BCUT2D eigenvalue weighted by atomic mass is 9.95. The Hall–Kier alpha value is -2.90. The molecule has 2 N–H and O–H groups in total. The van der Waals surface area contributed by atoms with Gasteiger partial charge in [-0.15, -0.1) is 0 Å². The number of alkyl carbamates (subject to hydrolysis) is 1. The van der Waals surface area contributed by atoms with E-state index in [9.17, 15) is 14.7 Å². The summed E-state index contributed by atoms with van der Waals surface area (Å²) in [5.41, 5.74) is -0.152. The lowest BCUT2D eigenvalue weighted by molar-refractivity contribution is -0.140. The quantitative estimate of drug-likeness (QED) is 0.386. The number of benzene rings is 2. The first-order valence-electron chi connectivity index (χ1n) is 11.8. The first kappa shape index (κ1) is 28.3. The van der Waals surface area contributed by atoms with Gasteiger partial charge in [0.15, 0.2) is 0 Å². The molecule has 0 unspecified atom stereocenters. The summed E-state index contributed by atoms with van der Waals surface area (Å²) in [7, 11) is -2.80. The maximum Gasteiger partial charge on any atom is 0.408 e. The van der Waals surface area contributed by atoms with Crippen molar-refractivity contribution < 1.29 is 23.9 Å². The molecule has 0 fully saturated rings. The molecule has 35 heavy (non-hydrogen) atoms. The molecular formula is C28H39NO5Si. The molecule has 7 heteroatoms. The molecule has 1 amide bonds. The summed E-state index contributed by atoms with van der Waals surface area (Å²) in [5.74, 6) is -1.74. The molecule has 0 spiro atoms. The van der Waals surface area contributed by atoms with Crippen molar-refractivity contribution in [2.75, 3.05) is 6.61 Å². The lowest BCUT2D eigenvalue weighted by Gasteiger charge is -2.43. The highest BCUT2D eigenvalue weighted by atomic mass is 28.4. The Bertz CT molecular complexity index is 970. The molecule has 6 nitrogen and oxygen atoms in total. The SMILES string of the molecule is C=C(CO[Si](c1ccccc1)(c1ccccc1)C(C)(C)C)[C@@H](C)[C@H](NC(=O)OC(C)(C)C)C(=O)O. The summed E-state index contributed by atoms with van der Waals surface area (Å²) in [6.45, 7) is 17.7. The molecular weight excluding hydrogens is 458 g/mol. The van der Waals surface area contributed by atoms with Crippen molar-refractivity contribution in [2.24, 2.45) is 5.92 Å². The Labute approximate surface area is 210 Å². The highest BCUT2D eigenvalue weighted by Crippen LogP contribution is 2.37. The van der Waals surface area contributed by atoms with E-state index in [1.165, 1.54) is 0 Å². The molecule has 2 aromatic carbocycles. The van der Waals surface area contributed by atoms with Crippen LogP contribution in [0.25, 0.3) is 0 Å². The number of carboxylic acid groups (broad SMARTS) is 1. The second-order valence-electron chi connectivity index (χ2n) is 10.9. The molecule has 0 aliphatic carbocycles. The largest absolute Gasteiger partial charge is 0.480 e. The van der Waals surface area contributed by atoms with Crippen molar-refractivity contribution in [3.8, 4) is 0 Å². The molecule has 190 valence electrons. The molecule has 2 rings (SSSR count). The maximum atomic E-state index is 12.3. The van der Waals surface area contributed by atoms with E-state index in [4.69, 9.17) is 9.16 Å². The van der Waals surface area contributed by atoms with Crippen LogP contribution < -0.4 is 15.7 Å². The van der Waals surface area contributed by atoms with Gasteiger partial charge in [-0.3, -0.25) is 0 Å². The Morgan fingerprint density at radius 1 is 0.943 bits per heavy atom. The Balaban J connectivity index is 2.36. The summed E-state index contributed by atoms with van der Waals surface area (Å²) in [5, 5.41) is 14.3. The first-order chi connectivity index (χ1) is 16.2. The Morgan fingerprint density at radius 3 is 1.77 bits per heavy atom. The van der Waals surface area contributed by atoms with Crippen LogP contribution in [0.4, 0.5) is 4.79 Å². The van der Waals surface area contributed by atoms with Gasteiger partial charge < -0.3 is 19.6 Å². The van der Waals surface area contributed by atoms with Gasteiger partial charge in [0, 0.05) is 5.92 Å². The molecule has 0 aliphatic heterocycles. The van der Waals surface area contributed by atoms with E-state index < -0.39 is 37.9 Å². The first-order valence-corrected chi connectivity index (χ1v) is 13.7. The van der Waals surface area contributed by atoms with Crippen LogP contribution in [0.15, 0.2) is 72.8 Å². The van der Waals surface area contributed by atoms with Crippen LogP contribution in [0.2, 0.25) is 5.04 Å². The lowest BCUT2D eigenvalue weighted by Crippen LogP contribution is -2.66. The number of carboxylic acids is 1. The molecule has 0 radical (unpaired) electrons. The zero-order valence-electron chi connectivity index (χ0n) is 21.9. The van der Waals surface area contributed by atoms with E-state index in [0.29, 0.717) is 5.57 Å². The number of ether oxygens (including phenoxy) is 1. The van der Waals surface area contributed by atoms with Crippen LogP contribution >= 0.6 is 0 Å². The van der Waals surface area contributed by atoms with Gasteiger partial charge in [-0.05, 0) is 41.8 Å². The minimum atomic E-state index is -2.80. The third-order valence-corrected chi connectivity index (χ3v) is 11.0. The minimum Gasteiger partial charge on any atom is -0.480 e. The fraction of sp³-hybridized carbons (Fsp3) is 0.429. The highest BCUT2D eigenvalue weighted by molar-refractivity contribution is 6.99. The summed E-state index contributed by atoms with van der Waals surface area (Å²) in [6, 6.07) is 19.2. The van der Waals surface area contributed by atoms with E-state index in [-0.39, 0.29) is 11.6 Å². The number of hydrogen-bond acceptors (Lipinski definition) is 4. The summed E-state index contributed by atoms with van der Waals surface area (Å²) in [6.07, 6.45) is -0.780. The van der Waals surface area contributed by atoms with Crippen molar-refractivity contribution in [3.63, 3.8) is 0 Å². The Morgan fingerprint density at radius 2 is 1.40 bits per heavy atom. The molecule has 0 aliphatic rings. The minimum absolute atomic E-state index is 0.161. The molecule has 0 bridgehead atoms. The van der Waals surface area contributed by atoms with Gasteiger partial charge in [0.05, 0.1) is 6.61 Å². The van der Waals surface area contributed by atoms with Gasteiger partial charge in [0.25, 0.3) is 8.32 Å². The number of carbonyl (C=O) groups excluding carboxylic acids is 1. The molecule has 0 saturated heterocycles. The second kappa shape index (κ2) is 11.2. The van der Waals surface area contributed by atoms with Crippen molar-refractivity contribution in [1.82, 2.24) is 5.32 Å². The van der Waals surface area contributed by atoms with Gasteiger partial charge in [-0.25, -0.2) is 9.59 Å². The predicted molar refractivity (Wildman–Crippen MR) is 143 cm³/mol. The molecule has 0 saturated carbocycles. The zero-order chi connectivity index (χ0) is 26.4. The van der Waals surface area contributed by atoms with Crippen LogP contribution in [0.5, 0.6) is 0 Å². The number of amides is 1. The number of rotatable bonds is 9. The van der Waals surface area contributed by atoms with Crippen molar-refractivity contribution in [3.05, 3.63) is 72.8 Å². The monoisotopic (exact) mass is 497 g/mol. The fourth-order valence-corrected chi connectivity index (χ4v) is 8.72. The maximum absolute atomic E-state index is 12.3. The number of carbonyl (C=O) groups is 2. The Kier molecular flexibility index (Phi) is 9.09. The van der Waals surface area contributed by atoms with Gasteiger partial charge in [-0.1, -0.05) is 94.9 Å². The summed E-state index contributed by atoms with van der Waals surface area (Å²) >= 11 is 0. The molecule has 2 aromatic rings. The predicted octanol–water partition coefficient (Wildman–Crippen LogP) is 4.73. The van der Waals surface area contributed by atoms with Crippen LogP contribution in [-0.2, 0) is 14.0 Å². The van der Waals surface area contributed by atoms with Gasteiger partial charge >= 0.3 is 12.1 Å². The fourth-order valence-electron chi connectivity index (χ4n) is 4.16. The van der Waals surface area contributed by atoms with Crippen molar-refractivity contribution in [1.29, 1.82) is 0 Å². The number of hydrogen-bond donors (Lipinski definition) is 2. The average molecular weight is 498 g/mol. The van der Waals surface area contributed by atoms with Crippen LogP contribution in [0.3, 0.4) is 0 Å². The third kappa shape index (κ3) is 7.05. The van der Waals surface area contributed by atoms with Crippen LogP contribution in [-0.4, -0.2) is 43.7 Å². The third-order valence-electron chi connectivity index (χ3n) is 5.97. The summed E-state index contributed by atoms with van der Waals surface area (Å²) in [4.78, 5) is 24.3. The van der Waals surface area contributed by atoms with Gasteiger partial charge in [0.2, 0.25) is 0 Å². The summed E-state index contributed by atoms with van der Waals surface area (Å²) < 4.78 is 12.1. The zero-order valence-corrected chi connectivity index (χ0v) is 22.9. The number of aliphatic carboxylic acids is 1. The van der Waals surface area contributed by atoms with Crippen molar-refractivity contribution >= 4 is 30.8 Å².